The minimum absolute atomic E-state index is 0.0689. The highest BCUT2D eigenvalue weighted by atomic mass is 32.2. The lowest BCUT2D eigenvalue weighted by Gasteiger charge is -2.43. The summed E-state index contributed by atoms with van der Waals surface area (Å²) in [6, 6.07) is 13.4. The second-order valence-corrected chi connectivity index (χ2v) is 13.9. The number of alkyl carbamates (subject to hydrolysis) is 1. The zero-order valence-corrected chi connectivity index (χ0v) is 27.5. The van der Waals surface area contributed by atoms with Crippen LogP contribution in [0.15, 0.2) is 71.6 Å². The molecule has 3 N–H and O–H groups in total. The van der Waals surface area contributed by atoms with Crippen molar-refractivity contribution in [3.8, 4) is 0 Å². The quantitative estimate of drug-likeness (QED) is 0.287. The van der Waals surface area contributed by atoms with E-state index in [9.17, 15) is 26.8 Å². The fourth-order valence-corrected chi connectivity index (χ4v) is 8.60. The Labute approximate surface area is 278 Å². The first-order valence-electron chi connectivity index (χ1n) is 15.7. The molecular weight excluding hydrogens is 649 g/mol. The monoisotopic (exact) mass is 688 g/mol. The zero-order chi connectivity index (χ0) is 34.5. The van der Waals surface area contributed by atoms with E-state index in [1.165, 1.54) is 40.7 Å². The second-order valence-electron chi connectivity index (χ2n) is 12.1. The molecular formula is C34H39F3N4O6S. The molecule has 14 heteroatoms. The average Bonchev–Trinajstić information content (AvgIpc) is 3.08. The number of nitrogens with one attached hydrogen (secondary N) is 3. The summed E-state index contributed by atoms with van der Waals surface area (Å²) in [4.78, 5) is 26.9. The number of carbonyl (C=O) groups is 2. The number of rotatable bonds is 10. The molecule has 0 radical (unpaired) electrons. The lowest BCUT2D eigenvalue weighted by atomic mass is 9.68. The first kappa shape index (κ1) is 35.3. The van der Waals surface area contributed by atoms with Crippen molar-refractivity contribution in [1.82, 2.24) is 14.9 Å². The fraction of sp³-hybridized carbons (Fsp3) is 0.412. The molecule has 3 aromatic rings. The molecule has 258 valence electrons. The van der Waals surface area contributed by atoms with E-state index in [1.807, 2.05) is 6.92 Å². The Kier molecular flexibility index (Phi) is 11.1. The molecule has 10 nitrogen and oxygen atoms in total. The van der Waals surface area contributed by atoms with Gasteiger partial charge in [0.15, 0.2) is 11.6 Å². The number of nitrogens with zero attached hydrogens (tertiary/aromatic N) is 1. The Morgan fingerprint density at radius 1 is 1.00 bits per heavy atom. The maximum atomic E-state index is 15.5. The zero-order valence-electron chi connectivity index (χ0n) is 26.7. The van der Waals surface area contributed by atoms with Gasteiger partial charge in [-0.05, 0) is 74.6 Å². The number of methoxy groups -OCH3 is 1. The summed E-state index contributed by atoms with van der Waals surface area (Å²) >= 11 is 0. The number of anilines is 1. The Bertz CT molecular complexity index is 1720. The summed E-state index contributed by atoms with van der Waals surface area (Å²) < 4.78 is 83.1. The van der Waals surface area contributed by atoms with E-state index in [0.717, 1.165) is 19.2 Å². The number of carbonyl (C=O) groups excluding carboxylic acids is 2. The van der Waals surface area contributed by atoms with Gasteiger partial charge in [-0.2, -0.15) is 4.31 Å². The molecule has 0 unspecified atom stereocenters. The molecule has 2 heterocycles. The maximum Gasteiger partial charge on any atom is 0.407 e. The normalized spacial score (nSPS) is 20.4. The Morgan fingerprint density at radius 2 is 1.73 bits per heavy atom. The first-order valence-corrected chi connectivity index (χ1v) is 17.2. The number of ether oxygens (including phenoxy) is 2. The largest absolute Gasteiger partial charge is 0.453 e. The van der Waals surface area contributed by atoms with Crippen LogP contribution in [0, 0.1) is 17.5 Å². The van der Waals surface area contributed by atoms with Gasteiger partial charge >= 0.3 is 6.09 Å². The van der Waals surface area contributed by atoms with Crippen LogP contribution in [0.5, 0.6) is 0 Å². The smallest absolute Gasteiger partial charge is 0.407 e. The van der Waals surface area contributed by atoms with Crippen molar-refractivity contribution in [2.24, 2.45) is 0 Å². The summed E-state index contributed by atoms with van der Waals surface area (Å²) in [6.07, 6.45) is -0.280. The number of hydrogen-bond acceptors (Lipinski definition) is 7. The van der Waals surface area contributed by atoms with Crippen molar-refractivity contribution in [2.45, 2.75) is 61.0 Å². The number of hydrogen-bond donors (Lipinski definition) is 3. The maximum absolute atomic E-state index is 15.5. The van der Waals surface area contributed by atoms with Crippen LogP contribution in [0.2, 0.25) is 0 Å². The molecule has 0 aromatic heterocycles. The Balaban J connectivity index is 1.44. The van der Waals surface area contributed by atoms with Gasteiger partial charge in [0.1, 0.15) is 11.9 Å². The van der Waals surface area contributed by atoms with Crippen LogP contribution in [0.25, 0.3) is 0 Å². The predicted octanol–water partition coefficient (Wildman–Crippen LogP) is 4.50. The molecule has 2 aliphatic heterocycles. The van der Waals surface area contributed by atoms with Crippen molar-refractivity contribution in [3.63, 3.8) is 0 Å². The Hall–Kier alpha value is -3.98. The van der Waals surface area contributed by atoms with Crippen LogP contribution < -0.4 is 16.0 Å². The van der Waals surface area contributed by atoms with E-state index < -0.39 is 57.0 Å². The molecule has 5 rings (SSSR count). The molecule has 0 aliphatic carbocycles. The average molecular weight is 689 g/mol. The van der Waals surface area contributed by atoms with E-state index in [0.29, 0.717) is 13.1 Å². The molecule has 0 spiro atoms. The van der Waals surface area contributed by atoms with Gasteiger partial charge < -0.3 is 25.4 Å². The van der Waals surface area contributed by atoms with Gasteiger partial charge in [-0.15, -0.1) is 0 Å². The van der Waals surface area contributed by atoms with Crippen molar-refractivity contribution in [3.05, 3.63) is 95.3 Å². The third-order valence-corrected chi connectivity index (χ3v) is 11.3. The van der Waals surface area contributed by atoms with Gasteiger partial charge in [-0.1, -0.05) is 30.3 Å². The topological polar surface area (TPSA) is 126 Å². The number of halogens is 3. The van der Waals surface area contributed by atoms with Gasteiger partial charge in [-0.3, -0.25) is 4.79 Å². The van der Waals surface area contributed by atoms with Gasteiger partial charge in [0, 0.05) is 55.1 Å². The minimum Gasteiger partial charge on any atom is -0.453 e. The molecule has 3 aromatic carbocycles. The number of piperazine rings is 1. The molecule has 3 atom stereocenters. The highest BCUT2D eigenvalue weighted by Gasteiger charge is 2.47. The van der Waals surface area contributed by atoms with Gasteiger partial charge in [-0.25, -0.2) is 26.4 Å². The van der Waals surface area contributed by atoms with Crippen LogP contribution in [-0.2, 0) is 36.1 Å². The second kappa shape index (κ2) is 15.1. The molecule has 0 saturated carbocycles. The highest BCUT2D eigenvalue weighted by molar-refractivity contribution is 7.89. The highest BCUT2D eigenvalue weighted by Crippen LogP contribution is 2.40. The third kappa shape index (κ3) is 7.36. The van der Waals surface area contributed by atoms with Crippen LogP contribution >= 0.6 is 0 Å². The SMILES string of the molecule is COC(=O)N[C@H](C(=O)Nc1cccc(F)c1CC[C@H]1CNC[C@H](C)N1S(=O)(=O)c1ccccc1)C1(c2ccc(F)c(F)c2)CCOCC1. The van der Waals surface area contributed by atoms with Crippen molar-refractivity contribution in [2.75, 3.05) is 38.7 Å². The number of benzene rings is 3. The van der Waals surface area contributed by atoms with E-state index in [4.69, 9.17) is 9.47 Å². The van der Waals surface area contributed by atoms with Crippen molar-refractivity contribution in [1.29, 1.82) is 0 Å². The molecule has 0 bridgehead atoms. The minimum atomic E-state index is -3.86. The van der Waals surface area contributed by atoms with E-state index >= 15 is 4.39 Å². The first-order chi connectivity index (χ1) is 23.0. The molecule has 2 saturated heterocycles. The third-order valence-electron chi connectivity index (χ3n) is 9.18. The van der Waals surface area contributed by atoms with Crippen LogP contribution in [-0.4, -0.2) is 76.3 Å². The van der Waals surface area contributed by atoms with Crippen molar-refractivity contribution < 1.29 is 40.7 Å². The van der Waals surface area contributed by atoms with Crippen LogP contribution in [0.3, 0.4) is 0 Å². The molecule has 2 fully saturated rings. The predicted molar refractivity (Wildman–Crippen MR) is 172 cm³/mol. The van der Waals surface area contributed by atoms with E-state index in [-0.39, 0.29) is 66.6 Å². The summed E-state index contributed by atoms with van der Waals surface area (Å²) in [5.41, 5.74) is -0.681. The van der Waals surface area contributed by atoms with E-state index in [1.54, 1.807) is 18.2 Å². The lowest BCUT2D eigenvalue weighted by molar-refractivity contribution is -0.121. The number of amides is 2. The lowest BCUT2D eigenvalue weighted by Crippen LogP contribution is -2.59. The van der Waals surface area contributed by atoms with Crippen molar-refractivity contribution >= 4 is 27.7 Å². The fourth-order valence-electron chi connectivity index (χ4n) is 6.74. The van der Waals surface area contributed by atoms with Crippen LogP contribution in [0.1, 0.15) is 37.3 Å². The van der Waals surface area contributed by atoms with Gasteiger partial charge in [0.2, 0.25) is 15.9 Å². The van der Waals surface area contributed by atoms with E-state index in [2.05, 4.69) is 16.0 Å². The Morgan fingerprint density at radius 3 is 2.42 bits per heavy atom. The summed E-state index contributed by atoms with van der Waals surface area (Å²) in [7, 11) is -2.73. The summed E-state index contributed by atoms with van der Waals surface area (Å²) in [5, 5.41) is 8.58. The van der Waals surface area contributed by atoms with Gasteiger partial charge in [0.25, 0.3) is 0 Å². The van der Waals surface area contributed by atoms with Gasteiger partial charge in [0.05, 0.1) is 12.0 Å². The molecule has 2 aliphatic rings. The number of sulfonamides is 1. The molecule has 2 amide bonds. The summed E-state index contributed by atoms with van der Waals surface area (Å²) in [5.74, 6) is -3.52. The standard InChI is InChI=1S/C34H39F3N4O6S/c1-22-20-38-21-24(41(22)48(44,45)25-7-4-3-5-8-25)12-13-26-27(35)9-6-10-30(26)39-32(42)31(40-33(43)46-2)34(15-17-47-18-16-34)23-11-14-28(36)29(37)19-23/h3-11,14,19,22,24,31,38H,12-13,15-18,20-21H2,1-2H3,(H,39,42)(H,40,43)/t22-,24-,31+/m0/s1. The summed E-state index contributed by atoms with van der Waals surface area (Å²) in [6.45, 7) is 2.95. The van der Waals surface area contributed by atoms with Crippen LogP contribution in [0.4, 0.5) is 23.7 Å². The molecule has 48 heavy (non-hydrogen) atoms.